The molecule has 0 aliphatic heterocycles. The van der Waals surface area contributed by atoms with E-state index < -0.39 is 5.97 Å². The van der Waals surface area contributed by atoms with Crippen LogP contribution in [0.25, 0.3) is 0 Å². The number of carbonyl (C=O) groups is 1. The smallest absolute Gasteiger partial charge is 0.313 e. The van der Waals surface area contributed by atoms with Gasteiger partial charge in [0.15, 0.2) is 5.16 Å². The molecular weight excluding hydrogens is 248 g/mol. The molecule has 0 amide bonds. The molecule has 0 saturated heterocycles. The standard InChI is InChI=1S/C13H22N2O2S/c1-5-7-13(3,4)15-10(6-2)8-14-12(15)18-9-11(16)17/h8H,5-7,9H2,1-4H3,(H,16,17). The van der Waals surface area contributed by atoms with E-state index in [-0.39, 0.29) is 11.3 Å². The summed E-state index contributed by atoms with van der Waals surface area (Å²) in [6.07, 6.45) is 4.92. The highest BCUT2D eigenvalue weighted by atomic mass is 32.2. The van der Waals surface area contributed by atoms with Crippen LogP contribution < -0.4 is 0 Å². The number of nitrogens with zero attached hydrogens (tertiary/aromatic N) is 2. The third kappa shape index (κ3) is 3.51. The van der Waals surface area contributed by atoms with E-state index in [2.05, 4.69) is 37.2 Å². The minimum atomic E-state index is -0.805. The van der Waals surface area contributed by atoms with E-state index in [1.54, 1.807) is 0 Å². The first-order chi connectivity index (χ1) is 8.42. The lowest BCUT2D eigenvalue weighted by Gasteiger charge is -2.30. The lowest BCUT2D eigenvalue weighted by Crippen LogP contribution is -2.28. The number of carboxylic acid groups (broad SMARTS) is 1. The predicted molar refractivity (Wildman–Crippen MR) is 74.2 cm³/mol. The van der Waals surface area contributed by atoms with Crippen LogP contribution in [0, 0.1) is 0 Å². The van der Waals surface area contributed by atoms with E-state index in [4.69, 9.17) is 5.11 Å². The quantitative estimate of drug-likeness (QED) is 0.773. The highest BCUT2D eigenvalue weighted by molar-refractivity contribution is 7.99. The van der Waals surface area contributed by atoms with Gasteiger partial charge >= 0.3 is 5.97 Å². The van der Waals surface area contributed by atoms with Gasteiger partial charge in [0.05, 0.1) is 5.75 Å². The molecule has 0 atom stereocenters. The maximum Gasteiger partial charge on any atom is 0.313 e. The Morgan fingerprint density at radius 3 is 2.67 bits per heavy atom. The van der Waals surface area contributed by atoms with E-state index in [0.29, 0.717) is 0 Å². The fourth-order valence-corrected chi connectivity index (χ4v) is 3.09. The maximum absolute atomic E-state index is 10.7. The molecule has 0 fully saturated rings. The van der Waals surface area contributed by atoms with Crippen molar-refractivity contribution in [1.29, 1.82) is 0 Å². The molecule has 1 heterocycles. The number of carboxylic acids is 1. The van der Waals surface area contributed by atoms with Crippen LogP contribution in [0.1, 0.15) is 46.2 Å². The van der Waals surface area contributed by atoms with Crippen LogP contribution in [0.5, 0.6) is 0 Å². The van der Waals surface area contributed by atoms with Crippen molar-refractivity contribution in [3.05, 3.63) is 11.9 Å². The first-order valence-electron chi connectivity index (χ1n) is 6.34. The van der Waals surface area contributed by atoms with Gasteiger partial charge in [-0.05, 0) is 26.7 Å². The molecule has 102 valence electrons. The van der Waals surface area contributed by atoms with Crippen molar-refractivity contribution >= 4 is 17.7 Å². The van der Waals surface area contributed by atoms with Gasteiger partial charge in [0.1, 0.15) is 0 Å². The minimum Gasteiger partial charge on any atom is -0.481 e. The van der Waals surface area contributed by atoms with E-state index in [0.717, 1.165) is 24.4 Å². The summed E-state index contributed by atoms with van der Waals surface area (Å²) in [5.74, 6) is -0.747. The fraction of sp³-hybridized carbons (Fsp3) is 0.692. The molecule has 0 unspecified atom stereocenters. The van der Waals surface area contributed by atoms with Crippen LogP contribution in [0.2, 0.25) is 0 Å². The van der Waals surface area contributed by atoms with Gasteiger partial charge in [-0.15, -0.1) is 0 Å². The summed E-state index contributed by atoms with van der Waals surface area (Å²) in [6, 6.07) is 0. The fourth-order valence-electron chi connectivity index (χ4n) is 2.22. The zero-order chi connectivity index (χ0) is 13.8. The zero-order valence-corrected chi connectivity index (χ0v) is 12.4. The Morgan fingerprint density at radius 2 is 2.17 bits per heavy atom. The molecule has 5 heteroatoms. The largest absolute Gasteiger partial charge is 0.481 e. The van der Waals surface area contributed by atoms with Crippen LogP contribution in [0.4, 0.5) is 0 Å². The Labute approximate surface area is 113 Å². The molecule has 0 radical (unpaired) electrons. The van der Waals surface area contributed by atoms with E-state index in [9.17, 15) is 4.79 Å². The molecule has 18 heavy (non-hydrogen) atoms. The van der Waals surface area contributed by atoms with Gasteiger partial charge in [0.2, 0.25) is 0 Å². The van der Waals surface area contributed by atoms with Crippen molar-refractivity contribution in [2.45, 2.75) is 57.7 Å². The highest BCUT2D eigenvalue weighted by Gasteiger charge is 2.25. The summed E-state index contributed by atoms with van der Waals surface area (Å²) in [4.78, 5) is 15.0. The highest BCUT2D eigenvalue weighted by Crippen LogP contribution is 2.30. The Morgan fingerprint density at radius 1 is 1.50 bits per heavy atom. The van der Waals surface area contributed by atoms with Crippen molar-refractivity contribution in [3.8, 4) is 0 Å². The van der Waals surface area contributed by atoms with Crippen molar-refractivity contribution in [2.75, 3.05) is 5.75 Å². The molecule has 0 aliphatic carbocycles. The van der Waals surface area contributed by atoms with Crippen LogP contribution in [-0.2, 0) is 16.8 Å². The van der Waals surface area contributed by atoms with Gasteiger partial charge in [0, 0.05) is 17.4 Å². The van der Waals surface area contributed by atoms with Gasteiger partial charge < -0.3 is 9.67 Å². The average Bonchev–Trinajstić information content (AvgIpc) is 2.69. The molecule has 0 saturated carbocycles. The molecule has 0 spiro atoms. The summed E-state index contributed by atoms with van der Waals surface area (Å²) in [6.45, 7) is 8.62. The number of aromatic nitrogens is 2. The van der Waals surface area contributed by atoms with Gasteiger partial charge in [-0.25, -0.2) is 4.98 Å². The second-order valence-corrected chi connectivity index (χ2v) is 5.91. The molecule has 0 aliphatic rings. The third-order valence-electron chi connectivity index (χ3n) is 2.96. The third-order valence-corrected chi connectivity index (χ3v) is 3.89. The van der Waals surface area contributed by atoms with Crippen LogP contribution in [0.15, 0.2) is 11.4 Å². The van der Waals surface area contributed by atoms with Crippen molar-refractivity contribution in [3.63, 3.8) is 0 Å². The summed E-state index contributed by atoms with van der Waals surface area (Å²) < 4.78 is 2.20. The Balaban J connectivity index is 3.05. The maximum atomic E-state index is 10.7. The SMILES string of the molecule is CCCC(C)(C)n1c(CC)cnc1SCC(=O)O. The monoisotopic (exact) mass is 270 g/mol. The molecule has 1 aromatic heterocycles. The second kappa shape index (κ2) is 6.27. The van der Waals surface area contributed by atoms with Crippen molar-refractivity contribution in [2.24, 2.45) is 0 Å². The summed E-state index contributed by atoms with van der Waals surface area (Å²) in [5.41, 5.74) is 1.15. The summed E-state index contributed by atoms with van der Waals surface area (Å²) >= 11 is 1.30. The molecule has 4 nitrogen and oxygen atoms in total. The first-order valence-corrected chi connectivity index (χ1v) is 7.32. The van der Waals surface area contributed by atoms with Crippen LogP contribution in [-0.4, -0.2) is 26.4 Å². The number of aryl methyl sites for hydroxylation is 1. The van der Waals surface area contributed by atoms with Gasteiger partial charge in [-0.1, -0.05) is 32.0 Å². The number of rotatable bonds is 7. The molecule has 0 aromatic carbocycles. The number of aliphatic carboxylic acids is 1. The Kier molecular flexibility index (Phi) is 5.26. The topological polar surface area (TPSA) is 55.1 Å². The molecule has 1 aromatic rings. The number of imidazole rings is 1. The first kappa shape index (κ1) is 15.1. The number of thioether (sulfide) groups is 1. The molecule has 1 N–H and O–H groups in total. The van der Waals surface area contributed by atoms with Crippen molar-refractivity contribution < 1.29 is 9.90 Å². The van der Waals surface area contributed by atoms with Gasteiger partial charge in [-0.2, -0.15) is 0 Å². The van der Waals surface area contributed by atoms with Crippen LogP contribution >= 0.6 is 11.8 Å². The van der Waals surface area contributed by atoms with E-state index >= 15 is 0 Å². The second-order valence-electron chi connectivity index (χ2n) is 4.97. The average molecular weight is 270 g/mol. The summed E-state index contributed by atoms with van der Waals surface area (Å²) in [7, 11) is 0. The Bertz CT molecular complexity index is 413. The van der Waals surface area contributed by atoms with Gasteiger partial charge in [-0.3, -0.25) is 4.79 Å². The predicted octanol–water partition coefficient (Wildman–Crippen LogP) is 3.16. The van der Waals surface area contributed by atoms with Crippen LogP contribution in [0.3, 0.4) is 0 Å². The Hall–Kier alpha value is -0.970. The van der Waals surface area contributed by atoms with Gasteiger partial charge in [0.25, 0.3) is 0 Å². The van der Waals surface area contributed by atoms with E-state index in [1.807, 2.05) is 6.20 Å². The molecular formula is C13H22N2O2S. The molecule has 1 rings (SSSR count). The van der Waals surface area contributed by atoms with E-state index in [1.165, 1.54) is 17.5 Å². The molecule has 0 bridgehead atoms. The van der Waals surface area contributed by atoms with Crippen molar-refractivity contribution in [1.82, 2.24) is 9.55 Å². The summed E-state index contributed by atoms with van der Waals surface area (Å²) in [5, 5.41) is 9.59. The normalized spacial score (nSPS) is 11.8. The lowest BCUT2D eigenvalue weighted by atomic mass is 9.98. The lowest BCUT2D eigenvalue weighted by molar-refractivity contribution is -0.133. The minimum absolute atomic E-state index is 0.0164. The number of hydrogen-bond acceptors (Lipinski definition) is 3. The number of hydrogen-bond donors (Lipinski definition) is 1. The zero-order valence-electron chi connectivity index (χ0n) is 11.6.